The van der Waals surface area contributed by atoms with Gasteiger partial charge in [-0.1, -0.05) is 24.8 Å². The molecule has 1 aliphatic rings. The molecule has 0 fully saturated rings. The van der Waals surface area contributed by atoms with Crippen LogP contribution in [0.1, 0.15) is 24.5 Å². The zero-order valence-corrected chi connectivity index (χ0v) is 17.6. The van der Waals surface area contributed by atoms with Gasteiger partial charge in [0.2, 0.25) is 10.0 Å². The van der Waals surface area contributed by atoms with Gasteiger partial charge >= 0.3 is 0 Å². The second-order valence-corrected chi connectivity index (χ2v) is 9.56. The van der Waals surface area contributed by atoms with E-state index in [0.717, 1.165) is 23.5 Å². The number of fused-ring (bicyclic) bond motifs is 2. The van der Waals surface area contributed by atoms with E-state index in [1.807, 2.05) is 4.57 Å². The van der Waals surface area contributed by atoms with Crippen LogP contribution in [-0.4, -0.2) is 40.3 Å². The Morgan fingerprint density at radius 1 is 1.31 bits per heavy atom. The van der Waals surface area contributed by atoms with Crippen molar-refractivity contribution < 1.29 is 13.2 Å². The smallest absolute Gasteiger partial charge is 0.209 e. The molecule has 11 heteroatoms. The van der Waals surface area contributed by atoms with Crippen molar-refractivity contribution in [1.82, 2.24) is 19.5 Å². The largest absolute Gasteiger partial charge is 0.493 e. The Morgan fingerprint density at radius 2 is 2.14 bits per heavy atom. The highest BCUT2D eigenvalue weighted by Gasteiger charge is 2.20. The Kier molecular flexibility index (Phi) is 5.36. The zero-order chi connectivity index (χ0) is 20.6. The van der Waals surface area contributed by atoms with E-state index in [4.69, 9.17) is 15.6 Å². The number of anilines is 1. The van der Waals surface area contributed by atoms with E-state index < -0.39 is 10.0 Å². The number of rotatable bonds is 7. The van der Waals surface area contributed by atoms with Crippen LogP contribution in [0.2, 0.25) is 0 Å². The van der Waals surface area contributed by atoms with Crippen LogP contribution < -0.4 is 15.6 Å². The van der Waals surface area contributed by atoms with Crippen molar-refractivity contribution in [3.05, 3.63) is 29.6 Å². The molecular formula is C18H22N6O3S2. The summed E-state index contributed by atoms with van der Waals surface area (Å²) in [6.07, 6.45) is 3.52. The average molecular weight is 435 g/mol. The number of nitrogen functional groups attached to an aromatic ring is 1. The quantitative estimate of drug-likeness (QED) is 0.573. The molecule has 154 valence electrons. The SMILES string of the molecule is CCc1cc2c(cc1Sc1nc3c(N)ncnc3n1CCCS(N)(=O)=O)OCC2. The Balaban J connectivity index is 1.73. The van der Waals surface area contributed by atoms with E-state index >= 15 is 0 Å². The number of nitrogens with two attached hydrogens (primary N) is 2. The third-order valence-corrected chi connectivity index (χ3v) is 6.74. The Labute approximate surface area is 172 Å². The second-order valence-electron chi connectivity index (χ2n) is 6.82. The third kappa shape index (κ3) is 4.16. The summed E-state index contributed by atoms with van der Waals surface area (Å²) in [6, 6.07) is 4.24. The standard InChI is InChI=1S/C18H22N6O3S2/c1-2-11-8-12-4-6-27-13(12)9-14(11)28-18-23-15-16(19)21-10-22-17(15)24(18)5-3-7-29(20,25)26/h8-10H,2-7H2,1H3,(H2,19,21,22)(H2,20,25,26). The molecule has 3 aromatic rings. The fraction of sp³-hybridized carbons (Fsp3) is 0.389. The van der Waals surface area contributed by atoms with Gasteiger partial charge in [-0.25, -0.2) is 28.5 Å². The summed E-state index contributed by atoms with van der Waals surface area (Å²) in [7, 11) is -3.54. The Bertz CT molecular complexity index is 1180. The summed E-state index contributed by atoms with van der Waals surface area (Å²) in [5.74, 6) is 1.07. The van der Waals surface area contributed by atoms with Crippen LogP contribution in [0.15, 0.2) is 28.5 Å². The molecule has 1 aliphatic heterocycles. The van der Waals surface area contributed by atoms with Crippen molar-refractivity contribution in [2.24, 2.45) is 5.14 Å². The molecule has 1 aromatic carbocycles. The molecule has 2 aromatic heterocycles. The lowest BCUT2D eigenvalue weighted by atomic mass is 10.1. The molecule has 0 saturated carbocycles. The van der Waals surface area contributed by atoms with Gasteiger partial charge in [0.05, 0.1) is 12.4 Å². The zero-order valence-electron chi connectivity index (χ0n) is 16.0. The second kappa shape index (κ2) is 7.81. The molecule has 0 unspecified atom stereocenters. The number of hydrogen-bond acceptors (Lipinski definition) is 8. The maximum Gasteiger partial charge on any atom is 0.209 e. The van der Waals surface area contributed by atoms with Gasteiger partial charge in [-0.15, -0.1) is 0 Å². The Hall–Kier alpha value is -2.37. The first-order valence-corrected chi connectivity index (χ1v) is 11.8. The maximum atomic E-state index is 11.3. The van der Waals surface area contributed by atoms with Crippen molar-refractivity contribution in [2.45, 2.75) is 42.8 Å². The molecule has 4 N–H and O–H groups in total. The first kappa shape index (κ1) is 19.9. The molecule has 9 nitrogen and oxygen atoms in total. The van der Waals surface area contributed by atoms with Crippen molar-refractivity contribution in [1.29, 1.82) is 0 Å². The number of sulfonamides is 1. The van der Waals surface area contributed by atoms with Gasteiger partial charge in [0.1, 0.15) is 12.1 Å². The van der Waals surface area contributed by atoms with Gasteiger partial charge < -0.3 is 15.0 Å². The summed E-state index contributed by atoms with van der Waals surface area (Å²) in [5, 5.41) is 5.82. The van der Waals surface area contributed by atoms with E-state index in [1.54, 1.807) is 0 Å². The molecule has 0 spiro atoms. The molecule has 3 heterocycles. The lowest BCUT2D eigenvalue weighted by molar-refractivity contribution is 0.356. The minimum Gasteiger partial charge on any atom is -0.493 e. The number of imidazole rings is 1. The summed E-state index contributed by atoms with van der Waals surface area (Å²) in [5.41, 5.74) is 9.50. The van der Waals surface area contributed by atoms with Crippen molar-refractivity contribution in [3.8, 4) is 5.75 Å². The molecule has 0 bridgehead atoms. The normalized spacial score (nSPS) is 13.6. The number of benzene rings is 1. The molecule has 0 radical (unpaired) electrons. The minimum absolute atomic E-state index is 0.121. The van der Waals surface area contributed by atoms with E-state index in [-0.39, 0.29) is 11.6 Å². The van der Waals surface area contributed by atoms with E-state index in [2.05, 4.69) is 34.0 Å². The van der Waals surface area contributed by atoms with Gasteiger partial charge in [0.15, 0.2) is 22.1 Å². The van der Waals surface area contributed by atoms with Gasteiger partial charge in [-0.3, -0.25) is 0 Å². The summed E-state index contributed by atoms with van der Waals surface area (Å²) in [6.45, 7) is 3.21. The van der Waals surface area contributed by atoms with Crippen molar-refractivity contribution in [2.75, 3.05) is 18.1 Å². The van der Waals surface area contributed by atoms with Gasteiger partial charge in [0.25, 0.3) is 0 Å². The van der Waals surface area contributed by atoms with E-state index in [1.165, 1.54) is 29.2 Å². The fourth-order valence-electron chi connectivity index (χ4n) is 3.36. The maximum absolute atomic E-state index is 11.3. The average Bonchev–Trinajstić information content (AvgIpc) is 3.25. The number of hydrogen-bond donors (Lipinski definition) is 2. The van der Waals surface area contributed by atoms with Crippen LogP contribution in [-0.2, 0) is 29.4 Å². The van der Waals surface area contributed by atoms with Crippen LogP contribution in [0.4, 0.5) is 5.82 Å². The molecule has 0 aliphatic carbocycles. The van der Waals surface area contributed by atoms with E-state index in [9.17, 15) is 8.42 Å². The number of primary sulfonamides is 1. The lowest BCUT2D eigenvalue weighted by Gasteiger charge is -2.12. The lowest BCUT2D eigenvalue weighted by Crippen LogP contribution is -2.18. The van der Waals surface area contributed by atoms with Gasteiger partial charge in [-0.2, -0.15) is 0 Å². The van der Waals surface area contributed by atoms with Crippen LogP contribution in [0.3, 0.4) is 0 Å². The van der Waals surface area contributed by atoms with Crippen LogP contribution in [0.5, 0.6) is 5.75 Å². The summed E-state index contributed by atoms with van der Waals surface area (Å²) >= 11 is 1.49. The first-order valence-electron chi connectivity index (χ1n) is 9.29. The molecule has 29 heavy (non-hydrogen) atoms. The van der Waals surface area contributed by atoms with Crippen LogP contribution in [0.25, 0.3) is 11.2 Å². The number of aromatic nitrogens is 4. The molecule has 0 amide bonds. The molecule has 0 atom stereocenters. The van der Waals surface area contributed by atoms with E-state index in [0.29, 0.717) is 35.9 Å². The predicted molar refractivity (Wildman–Crippen MR) is 111 cm³/mol. The van der Waals surface area contributed by atoms with Crippen LogP contribution in [0, 0.1) is 0 Å². The van der Waals surface area contributed by atoms with Crippen molar-refractivity contribution >= 4 is 38.8 Å². The monoisotopic (exact) mass is 434 g/mol. The topological polar surface area (TPSA) is 139 Å². The summed E-state index contributed by atoms with van der Waals surface area (Å²) in [4.78, 5) is 14.0. The minimum atomic E-state index is -3.54. The predicted octanol–water partition coefficient (Wildman–Crippen LogP) is 1.74. The third-order valence-electron chi connectivity index (χ3n) is 4.79. The highest BCUT2D eigenvalue weighted by atomic mass is 32.2. The van der Waals surface area contributed by atoms with Gasteiger partial charge in [0, 0.05) is 17.9 Å². The summed E-state index contributed by atoms with van der Waals surface area (Å²) < 4.78 is 30.3. The Morgan fingerprint density at radius 3 is 2.90 bits per heavy atom. The first-order chi connectivity index (χ1) is 13.9. The molecule has 4 rings (SSSR count). The molecular weight excluding hydrogens is 412 g/mol. The number of ether oxygens (including phenoxy) is 1. The highest BCUT2D eigenvalue weighted by Crippen LogP contribution is 2.38. The van der Waals surface area contributed by atoms with Crippen LogP contribution >= 0.6 is 11.8 Å². The number of nitrogens with zero attached hydrogens (tertiary/aromatic N) is 4. The highest BCUT2D eigenvalue weighted by molar-refractivity contribution is 7.99. The van der Waals surface area contributed by atoms with Crippen molar-refractivity contribution in [3.63, 3.8) is 0 Å². The molecule has 0 saturated heterocycles. The fourth-order valence-corrected chi connectivity index (χ4v) is 5.02. The van der Waals surface area contributed by atoms with Gasteiger partial charge in [-0.05, 0) is 30.0 Å². The number of aryl methyl sites for hydroxylation is 2.